The molecule has 0 unspecified atom stereocenters. The van der Waals surface area contributed by atoms with Crippen LogP contribution >= 0.6 is 0 Å². The maximum atomic E-state index is 12.1. The molecule has 1 aliphatic heterocycles. The number of aryl methyl sites for hydroxylation is 1. The lowest BCUT2D eigenvalue weighted by Gasteiger charge is -2.22. The summed E-state index contributed by atoms with van der Waals surface area (Å²) in [6.07, 6.45) is 3.13. The highest BCUT2D eigenvalue weighted by molar-refractivity contribution is 7.89. The van der Waals surface area contributed by atoms with Crippen LogP contribution in [0, 0.1) is 0 Å². The third-order valence-electron chi connectivity index (χ3n) is 3.68. The van der Waals surface area contributed by atoms with Crippen LogP contribution in [0.15, 0.2) is 29.2 Å². The Balaban J connectivity index is 1.77. The van der Waals surface area contributed by atoms with E-state index in [0.717, 1.165) is 37.9 Å². The molecule has 1 saturated heterocycles. The van der Waals surface area contributed by atoms with Gasteiger partial charge in [0.2, 0.25) is 10.0 Å². The number of ether oxygens (including phenoxy) is 1. The van der Waals surface area contributed by atoms with Crippen molar-refractivity contribution in [3.63, 3.8) is 0 Å². The molecule has 1 heterocycles. The third-order valence-corrected chi connectivity index (χ3v) is 5.15. The fourth-order valence-electron chi connectivity index (χ4n) is 2.35. The SMILES string of the molecule is CCc1ccc(S(=O)(=O)NCCOC2CCNCC2)cc1. The normalized spacial score (nSPS) is 17.0. The number of piperidine rings is 1. The van der Waals surface area contributed by atoms with Gasteiger partial charge < -0.3 is 10.1 Å². The van der Waals surface area contributed by atoms with Crippen LogP contribution in [-0.4, -0.2) is 40.8 Å². The Labute approximate surface area is 127 Å². The van der Waals surface area contributed by atoms with Gasteiger partial charge >= 0.3 is 0 Å². The van der Waals surface area contributed by atoms with Gasteiger partial charge in [-0.25, -0.2) is 13.1 Å². The summed E-state index contributed by atoms with van der Waals surface area (Å²) in [5.74, 6) is 0. The highest BCUT2D eigenvalue weighted by Gasteiger charge is 2.15. The standard InChI is InChI=1S/C15H24N2O3S/c1-2-13-3-5-15(6-4-13)21(18,19)17-11-12-20-14-7-9-16-10-8-14/h3-6,14,16-17H,2,7-12H2,1H3. The summed E-state index contributed by atoms with van der Waals surface area (Å²) < 4.78 is 32.5. The number of nitrogens with one attached hydrogen (secondary N) is 2. The molecule has 2 N–H and O–H groups in total. The van der Waals surface area contributed by atoms with Crippen LogP contribution in [0.2, 0.25) is 0 Å². The Morgan fingerprint density at radius 2 is 1.90 bits per heavy atom. The first-order valence-corrected chi connectivity index (χ1v) is 9.01. The summed E-state index contributed by atoms with van der Waals surface area (Å²) >= 11 is 0. The lowest BCUT2D eigenvalue weighted by atomic mass is 10.1. The zero-order valence-corrected chi connectivity index (χ0v) is 13.3. The first-order valence-electron chi connectivity index (χ1n) is 7.53. The number of hydrogen-bond acceptors (Lipinski definition) is 4. The van der Waals surface area contributed by atoms with Crippen molar-refractivity contribution in [3.05, 3.63) is 29.8 Å². The van der Waals surface area contributed by atoms with Gasteiger partial charge in [0, 0.05) is 6.54 Å². The third kappa shape index (κ3) is 5.07. The van der Waals surface area contributed by atoms with E-state index in [-0.39, 0.29) is 6.10 Å². The summed E-state index contributed by atoms with van der Waals surface area (Å²) in [6.45, 7) is 4.71. The van der Waals surface area contributed by atoms with E-state index < -0.39 is 10.0 Å². The van der Waals surface area contributed by atoms with Crippen molar-refractivity contribution in [1.82, 2.24) is 10.0 Å². The fourth-order valence-corrected chi connectivity index (χ4v) is 3.36. The molecule has 1 aromatic rings. The van der Waals surface area contributed by atoms with Crippen molar-refractivity contribution in [2.45, 2.75) is 37.2 Å². The minimum atomic E-state index is -3.43. The first kappa shape index (κ1) is 16.4. The van der Waals surface area contributed by atoms with E-state index in [1.807, 2.05) is 19.1 Å². The van der Waals surface area contributed by atoms with Gasteiger partial charge in [0.15, 0.2) is 0 Å². The van der Waals surface area contributed by atoms with Crippen LogP contribution in [-0.2, 0) is 21.2 Å². The second-order valence-corrected chi connectivity index (χ2v) is 6.98. The summed E-state index contributed by atoms with van der Waals surface area (Å²) in [4.78, 5) is 0.307. The summed E-state index contributed by atoms with van der Waals surface area (Å²) in [6, 6.07) is 6.99. The van der Waals surface area contributed by atoms with Gasteiger partial charge in [0.1, 0.15) is 0 Å². The molecule has 0 saturated carbocycles. The highest BCUT2D eigenvalue weighted by Crippen LogP contribution is 2.11. The van der Waals surface area contributed by atoms with Crippen LogP contribution in [0.1, 0.15) is 25.3 Å². The Kier molecular flexibility index (Phi) is 6.17. The molecule has 6 heteroatoms. The van der Waals surface area contributed by atoms with Gasteiger partial charge in [-0.05, 0) is 50.0 Å². The molecule has 1 fully saturated rings. The van der Waals surface area contributed by atoms with E-state index in [1.165, 1.54) is 0 Å². The van der Waals surface area contributed by atoms with Gasteiger partial charge in [-0.1, -0.05) is 19.1 Å². The Hall–Kier alpha value is -0.950. The molecule has 2 rings (SSSR count). The van der Waals surface area contributed by atoms with Crippen molar-refractivity contribution in [1.29, 1.82) is 0 Å². The van der Waals surface area contributed by atoms with Gasteiger partial charge in [-0.15, -0.1) is 0 Å². The highest BCUT2D eigenvalue weighted by atomic mass is 32.2. The number of benzene rings is 1. The van der Waals surface area contributed by atoms with Gasteiger partial charge in [0.05, 0.1) is 17.6 Å². The number of hydrogen-bond donors (Lipinski definition) is 2. The topological polar surface area (TPSA) is 67.4 Å². The minimum absolute atomic E-state index is 0.250. The Bertz CT molecular complexity index is 522. The molecule has 5 nitrogen and oxygen atoms in total. The molecule has 21 heavy (non-hydrogen) atoms. The maximum absolute atomic E-state index is 12.1. The lowest BCUT2D eigenvalue weighted by Crippen LogP contribution is -2.34. The minimum Gasteiger partial charge on any atom is -0.377 e. The summed E-state index contributed by atoms with van der Waals surface area (Å²) in [7, 11) is -3.43. The van der Waals surface area contributed by atoms with Crippen LogP contribution in [0.4, 0.5) is 0 Å². The largest absolute Gasteiger partial charge is 0.377 e. The number of sulfonamides is 1. The fraction of sp³-hybridized carbons (Fsp3) is 0.600. The van der Waals surface area contributed by atoms with Crippen LogP contribution < -0.4 is 10.0 Å². The molecule has 0 bridgehead atoms. The van der Waals surface area contributed by atoms with E-state index in [4.69, 9.17) is 4.74 Å². The predicted octanol–water partition coefficient (Wildman–Crippen LogP) is 1.30. The summed E-state index contributed by atoms with van der Waals surface area (Å²) in [5.41, 5.74) is 1.13. The van der Waals surface area contributed by atoms with Gasteiger partial charge in [-0.3, -0.25) is 0 Å². The molecule has 118 valence electrons. The first-order chi connectivity index (χ1) is 10.1. The van der Waals surface area contributed by atoms with E-state index >= 15 is 0 Å². The molecule has 0 spiro atoms. The van der Waals surface area contributed by atoms with Gasteiger partial charge in [0.25, 0.3) is 0 Å². The second-order valence-electron chi connectivity index (χ2n) is 5.22. The van der Waals surface area contributed by atoms with Crippen molar-refractivity contribution in [2.75, 3.05) is 26.2 Å². The maximum Gasteiger partial charge on any atom is 0.240 e. The van der Waals surface area contributed by atoms with Crippen LogP contribution in [0.3, 0.4) is 0 Å². The summed E-state index contributed by atoms with van der Waals surface area (Å²) in [5, 5.41) is 3.27. The quantitative estimate of drug-likeness (QED) is 0.745. The molecule has 1 aliphatic rings. The van der Waals surface area contributed by atoms with Crippen molar-refractivity contribution >= 4 is 10.0 Å². The average molecular weight is 312 g/mol. The zero-order valence-electron chi connectivity index (χ0n) is 12.5. The van der Waals surface area contributed by atoms with E-state index in [0.29, 0.717) is 18.0 Å². The monoisotopic (exact) mass is 312 g/mol. The average Bonchev–Trinajstić information content (AvgIpc) is 2.53. The molecule has 0 atom stereocenters. The van der Waals surface area contributed by atoms with Gasteiger partial charge in [-0.2, -0.15) is 0 Å². The molecule has 1 aromatic carbocycles. The smallest absolute Gasteiger partial charge is 0.240 e. The molecule has 0 radical (unpaired) electrons. The second kappa shape index (κ2) is 7.89. The molecule has 0 amide bonds. The predicted molar refractivity (Wildman–Crippen MR) is 82.9 cm³/mol. The molecule has 0 aliphatic carbocycles. The molecule has 0 aromatic heterocycles. The number of rotatable bonds is 7. The van der Waals surface area contributed by atoms with Crippen molar-refractivity contribution in [2.24, 2.45) is 0 Å². The van der Waals surface area contributed by atoms with E-state index in [1.54, 1.807) is 12.1 Å². The zero-order chi connectivity index (χ0) is 15.1. The van der Waals surface area contributed by atoms with E-state index in [2.05, 4.69) is 10.0 Å². The molecular weight excluding hydrogens is 288 g/mol. The van der Waals surface area contributed by atoms with Crippen molar-refractivity contribution < 1.29 is 13.2 Å². The lowest BCUT2D eigenvalue weighted by molar-refractivity contribution is 0.0367. The van der Waals surface area contributed by atoms with Crippen LogP contribution in [0.5, 0.6) is 0 Å². The Morgan fingerprint density at radius 1 is 1.24 bits per heavy atom. The van der Waals surface area contributed by atoms with E-state index in [9.17, 15) is 8.42 Å². The molecular formula is C15H24N2O3S. The van der Waals surface area contributed by atoms with Crippen molar-refractivity contribution in [3.8, 4) is 0 Å². The van der Waals surface area contributed by atoms with Crippen LogP contribution in [0.25, 0.3) is 0 Å². The Morgan fingerprint density at radius 3 is 2.52 bits per heavy atom.